The number of epoxide rings is 2. The van der Waals surface area contributed by atoms with E-state index in [9.17, 15) is 14.7 Å². The number of aliphatic hydroxyl groups excluding tert-OH is 1. The molecule has 7 nitrogen and oxygen atoms in total. The lowest BCUT2D eigenvalue weighted by molar-refractivity contribution is -0.159. The van der Waals surface area contributed by atoms with Crippen LogP contribution in [-0.2, 0) is 23.8 Å². The Morgan fingerprint density at radius 3 is 2.60 bits per heavy atom. The monoisotopic (exact) mass is 419 g/mol. The number of aliphatic hydroxyl groups is 1. The molecule has 4 rings (SSSR count). The fourth-order valence-electron chi connectivity index (χ4n) is 4.93. The zero-order valence-corrected chi connectivity index (χ0v) is 18.0. The van der Waals surface area contributed by atoms with Crippen LogP contribution < -0.4 is 5.32 Å². The molecule has 1 aliphatic carbocycles. The molecule has 7 heteroatoms. The topological polar surface area (TPSA) is 101 Å². The first kappa shape index (κ1) is 21.7. The van der Waals surface area contributed by atoms with E-state index in [1.807, 2.05) is 6.92 Å². The normalized spacial score (nSPS) is 40.4. The minimum atomic E-state index is -1.15. The van der Waals surface area contributed by atoms with Crippen LogP contribution in [0.4, 0.5) is 0 Å². The summed E-state index contributed by atoms with van der Waals surface area (Å²) in [5, 5.41) is 13.2. The number of fused-ring (bicyclic) bond motifs is 4. The zero-order valence-electron chi connectivity index (χ0n) is 18.0. The molecule has 1 amide bonds. The molecule has 0 aromatic carbocycles. The molecule has 4 aliphatic rings. The zero-order chi connectivity index (χ0) is 21.5. The highest BCUT2D eigenvalue weighted by atomic mass is 16.7. The highest BCUT2D eigenvalue weighted by Gasteiger charge is 2.79. The molecule has 1 spiro atoms. The Bertz CT molecular complexity index is 726. The highest BCUT2D eigenvalue weighted by Crippen LogP contribution is 2.57. The van der Waals surface area contributed by atoms with Gasteiger partial charge in [-0.25, -0.2) is 0 Å². The van der Waals surface area contributed by atoms with Crippen LogP contribution in [0.3, 0.4) is 0 Å². The van der Waals surface area contributed by atoms with Crippen molar-refractivity contribution < 1.29 is 28.9 Å². The van der Waals surface area contributed by atoms with Gasteiger partial charge in [-0.1, -0.05) is 57.3 Å². The number of amides is 1. The predicted octanol–water partition coefficient (Wildman–Crippen LogP) is 2.18. The number of ketones is 1. The molecule has 8 atom stereocenters. The molecule has 3 aliphatic heterocycles. The van der Waals surface area contributed by atoms with Gasteiger partial charge in [0.2, 0.25) is 5.91 Å². The van der Waals surface area contributed by atoms with Crippen LogP contribution in [0.1, 0.15) is 59.3 Å². The maximum atomic E-state index is 12.4. The molecular weight excluding hydrogens is 386 g/mol. The van der Waals surface area contributed by atoms with Gasteiger partial charge in [0, 0.05) is 12.5 Å². The Morgan fingerprint density at radius 1 is 1.23 bits per heavy atom. The van der Waals surface area contributed by atoms with Gasteiger partial charge < -0.3 is 24.6 Å². The summed E-state index contributed by atoms with van der Waals surface area (Å²) in [5.74, 6) is 0.161. The van der Waals surface area contributed by atoms with Crippen LogP contribution in [0, 0.1) is 5.92 Å². The second-order valence-corrected chi connectivity index (χ2v) is 9.21. The van der Waals surface area contributed by atoms with Crippen molar-refractivity contribution in [3.05, 3.63) is 23.8 Å². The molecule has 3 saturated heterocycles. The number of hydrogen-bond acceptors (Lipinski definition) is 6. The molecule has 2 N–H and O–H groups in total. The van der Waals surface area contributed by atoms with Crippen molar-refractivity contribution >= 4 is 11.7 Å². The smallest absolute Gasteiger partial charge is 0.244 e. The van der Waals surface area contributed by atoms with Gasteiger partial charge >= 0.3 is 0 Å². The lowest BCUT2D eigenvalue weighted by Crippen LogP contribution is -2.49. The summed E-state index contributed by atoms with van der Waals surface area (Å²) in [7, 11) is 0. The van der Waals surface area contributed by atoms with Crippen molar-refractivity contribution in [3.63, 3.8) is 0 Å². The average molecular weight is 420 g/mol. The molecule has 1 saturated carbocycles. The summed E-state index contributed by atoms with van der Waals surface area (Å²) in [4.78, 5) is 24.3. The van der Waals surface area contributed by atoms with Crippen molar-refractivity contribution in [2.75, 3.05) is 0 Å². The summed E-state index contributed by atoms with van der Waals surface area (Å²) in [6.45, 7) is 6.40. The van der Waals surface area contributed by atoms with E-state index in [1.54, 1.807) is 6.08 Å². The second-order valence-electron chi connectivity index (χ2n) is 9.21. The lowest BCUT2D eigenvalue weighted by Gasteiger charge is -2.26. The first-order chi connectivity index (χ1) is 14.4. The minimum absolute atomic E-state index is 0.0361. The number of Topliss-reactive ketones (excluding diaryl/α,β-unsaturated/α-hetero) is 1. The third-order valence-electron chi connectivity index (χ3n) is 6.62. The highest BCUT2D eigenvalue weighted by molar-refractivity contribution is 5.94. The van der Waals surface area contributed by atoms with Crippen LogP contribution in [0.25, 0.3) is 0 Å². The third kappa shape index (κ3) is 4.26. The Hall–Kier alpha value is -1.54. The number of nitrogens with one attached hydrogen (secondary N) is 1. The summed E-state index contributed by atoms with van der Waals surface area (Å²) >= 11 is 0. The maximum Gasteiger partial charge on any atom is 0.244 e. The van der Waals surface area contributed by atoms with Gasteiger partial charge in [-0.05, 0) is 19.3 Å². The molecule has 166 valence electrons. The van der Waals surface area contributed by atoms with Crippen molar-refractivity contribution in [2.24, 2.45) is 5.92 Å². The summed E-state index contributed by atoms with van der Waals surface area (Å²) < 4.78 is 16.8. The van der Waals surface area contributed by atoms with Crippen molar-refractivity contribution in [1.29, 1.82) is 0 Å². The molecule has 0 radical (unpaired) electrons. The SMILES string of the molecule is CCCCCC[C@@H](C)/C=C(C)/C=C/C(=O)N[C@H]1CC2(O[C@@H]1O)[C@@H]1O[C@@H]1C(=O)[C@@H]1O[C@@H]12. The Kier molecular flexibility index (Phi) is 6.17. The molecule has 0 aromatic heterocycles. The van der Waals surface area contributed by atoms with Gasteiger partial charge in [-0.15, -0.1) is 0 Å². The summed E-state index contributed by atoms with van der Waals surface area (Å²) in [6, 6.07) is -0.563. The fraction of sp³-hybridized carbons (Fsp3) is 0.739. The van der Waals surface area contributed by atoms with Crippen LogP contribution in [0.2, 0.25) is 0 Å². The van der Waals surface area contributed by atoms with Gasteiger partial charge in [0.15, 0.2) is 12.1 Å². The standard InChI is InChI=1S/C23H33NO6/c1-4-5-6-7-8-13(2)11-14(3)9-10-16(25)24-15-12-23(30-22(15)27)20-18(28-20)17(26)19-21(23)29-19/h9-11,13,15,18-22,27H,4-8,12H2,1-3H3,(H,24,25)/b10-9+,14-11+/t13-,15+,18-,19+,20-,21+,22+,23?/m1/s1. The van der Waals surface area contributed by atoms with E-state index in [4.69, 9.17) is 14.2 Å². The van der Waals surface area contributed by atoms with E-state index in [0.717, 1.165) is 12.0 Å². The molecule has 3 heterocycles. The molecule has 30 heavy (non-hydrogen) atoms. The second kappa shape index (κ2) is 8.54. The van der Waals surface area contributed by atoms with Gasteiger partial charge in [-0.2, -0.15) is 0 Å². The fourth-order valence-corrected chi connectivity index (χ4v) is 4.93. The number of unbranched alkanes of at least 4 members (excludes halogenated alkanes) is 3. The molecule has 4 fully saturated rings. The van der Waals surface area contributed by atoms with Gasteiger partial charge in [-0.3, -0.25) is 9.59 Å². The third-order valence-corrected chi connectivity index (χ3v) is 6.62. The Labute approximate surface area is 177 Å². The van der Waals surface area contributed by atoms with Crippen LogP contribution >= 0.6 is 0 Å². The van der Waals surface area contributed by atoms with Crippen LogP contribution in [0.5, 0.6) is 0 Å². The van der Waals surface area contributed by atoms with Crippen molar-refractivity contribution in [1.82, 2.24) is 5.32 Å². The maximum absolute atomic E-state index is 12.4. The molecule has 0 bridgehead atoms. The number of ether oxygens (including phenoxy) is 3. The van der Waals surface area contributed by atoms with Gasteiger partial charge in [0.25, 0.3) is 0 Å². The Morgan fingerprint density at radius 2 is 1.93 bits per heavy atom. The number of allylic oxidation sites excluding steroid dienone is 3. The lowest BCUT2D eigenvalue weighted by atomic mass is 9.81. The van der Waals surface area contributed by atoms with E-state index in [0.29, 0.717) is 12.3 Å². The van der Waals surface area contributed by atoms with Crippen molar-refractivity contribution in [3.8, 4) is 0 Å². The largest absolute Gasteiger partial charge is 0.366 e. The van der Waals surface area contributed by atoms with Crippen LogP contribution in [0.15, 0.2) is 23.8 Å². The predicted molar refractivity (Wildman–Crippen MR) is 110 cm³/mol. The first-order valence-electron chi connectivity index (χ1n) is 11.2. The van der Waals surface area contributed by atoms with Gasteiger partial charge in [0.05, 0.1) is 6.04 Å². The number of carbonyl (C=O) groups is 2. The number of rotatable bonds is 9. The quantitative estimate of drug-likeness (QED) is 0.257. The van der Waals surface area contributed by atoms with E-state index in [-0.39, 0.29) is 23.9 Å². The minimum Gasteiger partial charge on any atom is -0.366 e. The average Bonchev–Trinajstić information content (AvgIpc) is 3.60. The van der Waals surface area contributed by atoms with Gasteiger partial charge in [0.1, 0.15) is 30.0 Å². The van der Waals surface area contributed by atoms with Crippen molar-refractivity contribution in [2.45, 2.75) is 102 Å². The summed E-state index contributed by atoms with van der Waals surface area (Å²) in [6.07, 6.45) is 9.12. The Balaban J connectivity index is 1.26. The molecular formula is C23H33NO6. The number of carbonyl (C=O) groups excluding carboxylic acids is 2. The number of hydrogen-bond donors (Lipinski definition) is 2. The van der Waals surface area contributed by atoms with E-state index >= 15 is 0 Å². The van der Waals surface area contributed by atoms with Crippen LogP contribution in [-0.4, -0.2) is 59.1 Å². The first-order valence-corrected chi connectivity index (χ1v) is 11.2. The van der Waals surface area contributed by atoms with E-state index < -0.39 is 30.1 Å². The molecule has 0 aromatic rings. The molecule has 1 unspecified atom stereocenters. The van der Waals surface area contributed by atoms with E-state index in [1.165, 1.54) is 31.8 Å². The summed E-state index contributed by atoms with van der Waals surface area (Å²) in [5.41, 5.74) is 0.204. The van der Waals surface area contributed by atoms with E-state index in [2.05, 4.69) is 25.2 Å².